The van der Waals surface area contributed by atoms with Gasteiger partial charge in [0.15, 0.2) is 5.60 Å². The summed E-state index contributed by atoms with van der Waals surface area (Å²) < 4.78 is 6.78. The van der Waals surface area contributed by atoms with Crippen LogP contribution in [-0.2, 0) is 28.3 Å². The molecule has 0 radical (unpaired) electrons. The number of aliphatic hydroxyl groups is 1. The fourth-order valence-electron chi connectivity index (χ4n) is 4.87. The molecular formula is C25H29N5O4. The van der Waals surface area contributed by atoms with E-state index in [9.17, 15) is 14.7 Å². The van der Waals surface area contributed by atoms with Crippen LogP contribution >= 0.6 is 0 Å². The van der Waals surface area contributed by atoms with Crippen molar-refractivity contribution in [1.29, 1.82) is 0 Å². The van der Waals surface area contributed by atoms with Gasteiger partial charge in [0, 0.05) is 28.7 Å². The van der Waals surface area contributed by atoms with E-state index >= 15 is 0 Å². The number of hydrogen-bond acceptors (Lipinski definition) is 8. The van der Waals surface area contributed by atoms with Crippen molar-refractivity contribution in [2.45, 2.75) is 38.5 Å². The molecule has 1 aromatic carbocycles. The third-order valence-electron chi connectivity index (χ3n) is 6.73. The minimum absolute atomic E-state index is 0.111. The Morgan fingerprint density at radius 3 is 2.79 bits per heavy atom. The predicted octanol–water partition coefficient (Wildman–Crippen LogP) is 2.03. The van der Waals surface area contributed by atoms with Crippen molar-refractivity contribution in [3.8, 4) is 11.4 Å². The molecule has 0 amide bonds. The number of anilines is 2. The smallest absolute Gasteiger partial charge is 0.343 e. The molecule has 9 heteroatoms. The lowest BCUT2D eigenvalue weighted by atomic mass is 9.86. The van der Waals surface area contributed by atoms with E-state index in [2.05, 4.69) is 10.2 Å². The third kappa shape index (κ3) is 3.43. The maximum atomic E-state index is 13.3. The first-order chi connectivity index (χ1) is 16.2. The van der Waals surface area contributed by atoms with E-state index in [1.54, 1.807) is 17.6 Å². The largest absolute Gasteiger partial charge is 0.458 e. The van der Waals surface area contributed by atoms with Crippen molar-refractivity contribution in [1.82, 2.24) is 14.5 Å². The number of carbonyl (C=O) groups is 1. The molecule has 1 atom stereocenters. The number of nitrogens with two attached hydrogens (primary N) is 1. The van der Waals surface area contributed by atoms with Crippen molar-refractivity contribution in [2.75, 3.05) is 38.2 Å². The van der Waals surface area contributed by atoms with Crippen molar-refractivity contribution < 1.29 is 14.6 Å². The SMILES string of the molecule is CC[C@@]1(O)C(=O)OCc2c1cc1n(c2=O)Cc2cc3cc(N)cc(NCCCN(C)C)c3nc2-1. The van der Waals surface area contributed by atoms with Gasteiger partial charge in [-0.2, -0.15) is 0 Å². The number of nitrogens with zero attached hydrogens (tertiary/aromatic N) is 3. The Hall–Kier alpha value is -3.43. The molecule has 0 saturated carbocycles. The second-order valence-electron chi connectivity index (χ2n) is 9.32. The van der Waals surface area contributed by atoms with E-state index in [-0.39, 0.29) is 18.6 Å². The summed E-state index contributed by atoms with van der Waals surface area (Å²) in [7, 11) is 4.08. The highest BCUT2D eigenvalue weighted by atomic mass is 16.6. The lowest BCUT2D eigenvalue weighted by molar-refractivity contribution is -0.172. The summed E-state index contributed by atoms with van der Waals surface area (Å²) in [5, 5.41) is 15.4. The number of rotatable bonds is 6. The number of ether oxygens (including phenoxy) is 1. The Morgan fingerprint density at radius 2 is 2.06 bits per heavy atom. The van der Waals surface area contributed by atoms with Crippen LogP contribution in [0.2, 0.25) is 0 Å². The molecule has 4 N–H and O–H groups in total. The highest BCUT2D eigenvalue weighted by Crippen LogP contribution is 2.39. The third-order valence-corrected chi connectivity index (χ3v) is 6.73. The molecular weight excluding hydrogens is 434 g/mol. The summed E-state index contributed by atoms with van der Waals surface area (Å²) in [6.45, 7) is 3.64. The maximum Gasteiger partial charge on any atom is 0.343 e. The molecule has 2 aliphatic rings. The quantitative estimate of drug-likeness (QED) is 0.226. The van der Waals surface area contributed by atoms with Gasteiger partial charge in [0.05, 0.1) is 34.7 Å². The second-order valence-corrected chi connectivity index (χ2v) is 9.32. The van der Waals surface area contributed by atoms with Crippen molar-refractivity contribution in [3.63, 3.8) is 0 Å². The molecule has 34 heavy (non-hydrogen) atoms. The molecule has 0 bridgehead atoms. The summed E-state index contributed by atoms with van der Waals surface area (Å²) >= 11 is 0. The topological polar surface area (TPSA) is 123 Å². The fraction of sp³-hybridized carbons (Fsp3) is 0.400. The first-order valence-electron chi connectivity index (χ1n) is 11.5. The van der Waals surface area contributed by atoms with Crippen LogP contribution in [0.4, 0.5) is 11.4 Å². The van der Waals surface area contributed by atoms with E-state index < -0.39 is 11.6 Å². The van der Waals surface area contributed by atoms with Gasteiger partial charge in [0.25, 0.3) is 5.56 Å². The van der Waals surface area contributed by atoms with Gasteiger partial charge in [-0.15, -0.1) is 0 Å². The average molecular weight is 464 g/mol. The van der Waals surface area contributed by atoms with E-state index in [0.29, 0.717) is 34.7 Å². The zero-order chi connectivity index (χ0) is 24.2. The number of benzene rings is 1. The molecule has 4 heterocycles. The van der Waals surface area contributed by atoms with Crippen LogP contribution in [0.1, 0.15) is 36.5 Å². The number of hydrogen-bond donors (Lipinski definition) is 3. The van der Waals surface area contributed by atoms with Crippen molar-refractivity contribution >= 4 is 28.2 Å². The molecule has 2 aliphatic heterocycles. The standard InChI is InChI=1S/C25H29N5O4/c1-4-25(33)18-11-20-22-15(12-30(20)23(31)17(18)13-34-24(25)32)8-14-9-16(26)10-19(21(14)28-22)27-6-5-7-29(2)3/h8-11,27,33H,4-7,12-13,26H2,1-3H3/t25-/m0/s1. The summed E-state index contributed by atoms with van der Waals surface area (Å²) in [6.07, 6.45) is 1.07. The molecule has 9 nitrogen and oxygen atoms in total. The molecule has 0 aliphatic carbocycles. The first-order valence-corrected chi connectivity index (χ1v) is 11.5. The van der Waals surface area contributed by atoms with E-state index in [1.807, 2.05) is 32.3 Å². The maximum absolute atomic E-state index is 13.3. The number of cyclic esters (lactones) is 1. The first kappa shape index (κ1) is 22.4. The number of nitrogen functional groups attached to an aromatic ring is 1. The van der Waals surface area contributed by atoms with Crippen LogP contribution in [0.5, 0.6) is 0 Å². The number of nitrogens with one attached hydrogen (secondary N) is 1. The summed E-state index contributed by atoms with van der Waals surface area (Å²) in [5.74, 6) is -0.726. The van der Waals surface area contributed by atoms with Gasteiger partial charge < -0.3 is 30.4 Å². The number of aromatic nitrogens is 2. The molecule has 5 rings (SSSR count). The highest BCUT2D eigenvalue weighted by molar-refractivity contribution is 5.96. The van der Waals surface area contributed by atoms with Gasteiger partial charge in [-0.05, 0) is 57.7 Å². The van der Waals surface area contributed by atoms with Crippen molar-refractivity contribution in [2.24, 2.45) is 0 Å². The Kier molecular flexibility index (Phi) is 5.33. The lowest BCUT2D eigenvalue weighted by Gasteiger charge is -2.31. The lowest BCUT2D eigenvalue weighted by Crippen LogP contribution is -2.44. The number of pyridine rings is 2. The molecule has 0 unspecified atom stereocenters. The van der Waals surface area contributed by atoms with Crippen LogP contribution in [0.3, 0.4) is 0 Å². The van der Waals surface area contributed by atoms with Gasteiger partial charge in [0.1, 0.15) is 6.61 Å². The van der Waals surface area contributed by atoms with Gasteiger partial charge in [-0.3, -0.25) is 4.79 Å². The Bertz CT molecular complexity index is 1380. The zero-order valence-corrected chi connectivity index (χ0v) is 19.6. The van der Waals surface area contributed by atoms with Gasteiger partial charge >= 0.3 is 5.97 Å². The second kappa shape index (κ2) is 8.11. The summed E-state index contributed by atoms with van der Waals surface area (Å²) in [5.41, 5.74) is 9.09. The van der Waals surface area contributed by atoms with Gasteiger partial charge in [-0.1, -0.05) is 6.92 Å². The number of carbonyl (C=O) groups excluding carboxylic acids is 1. The monoisotopic (exact) mass is 463 g/mol. The molecule has 3 aromatic rings. The number of fused-ring (bicyclic) bond motifs is 5. The van der Waals surface area contributed by atoms with Crippen LogP contribution in [0, 0.1) is 0 Å². The molecule has 0 saturated heterocycles. The van der Waals surface area contributed by atoms with Gasteiger partial charge in [-0.25, -0.2) is 9.78 Å². The predicted molar refractivity (Wildman–Crippen MR) is 131 cm³/mol. The minimum atomic E-state index is -1.84. The molecule has 178 valence electrons. The molecule has 0 spiro atoms. The van der Waals surface area contributed by atoms with Crippen LogP contribution in [-0.4, -0.2) is 52.7 Å². The minimum Gasteiger partial charge on any atom is -0.458 e. The van der Waals surface area contributed by atoms with Gasteiger partial charge in [0.2, 0.25) is 0 Å². The normalized spacial score (nSPS) is 18.6. The molecule has 0 fully saturated rings. The summed E-state index contributed by atoms with van der Waals surface area (Å²) in [6, 6.07) is 7.50. The van der Waals surface area contributed by atoms with Crippen LogP contribution in [0.25, 0.3) is 22.3 Å². The Morgan fingerprint density at radius 1 is 1.26 bits per heavy atom. The van der Waals surface area contributed by atoms with Crippen molar-refractivity contribution in [3.05, 3.63) is 51.3 Å². The van der Waals surface area contributed by atoms with E-state index in [4.69, 9.17) is 15.5 Å². The molecule has 2 aromatic heterocycles. The van der Waals surface area contributed by atoms with E-state index in [0.717, 1.165) is 41.7 Å². The average Bonchev–Trinajstić information content (AvgIpc) is 3.16. The summed E-state index contributed by atoms with van der Waals surface area (Å²) in [4.78, 5) is 32.8. The number of esters is 1. The Labute approximate surface area is 197 Å². The zero-order valence-electron chi connectivity index (χ0n) is 19.6. The highest BCUT2D eigenvalue weighted by Gasteiger charge is 2.45. The van der Waals surface area contributed by atoms with E-state index in [1.165, 1.54) is 0 Å². The fourth-order valence-corrected chi connectivity index (χ4v) is 4.87. The Balaban J connectivity index is 1.63. The van der Waals surface area contributed by atoms with Crippen LogP contribution < -0.4 is 16.6 Å². The van der Waals surface area contributed by atoms with Crippen LogP contribution in [0.15, 0.2) is 29.1 Å².